The largest absolute Gasteiger partial charge is 0.271 e. The van der Waals surface area contributed by atoms with E-state index in [1.807, 2.05) is 0 Å². The number of nitrogens with two attached hydrogens (primary N) is 1. The Morgan fingerprint density at radius 2 is 2.25 bits per heavy atom. The van der Waals surface area contributed by atoms with Gasteiger partial charge < -0.3 is 0 Å². The van der Waals surface area contributed by atoms with Crippen molar-refractivity contribution in [3.8, 4) is 0 Å². The van der Waals surface area contributed by atoms with Gasteiger partial charge in [-0.2, -0.15) is 0 Å². The summed E-state index contributed by atoms with van der Waals surface area (Å²) in [5, 5.41) is 0.119. The van der Waals surface area contributed by atoms with E-state index in [0.29, 0.717) is 16.0 Å². The van der Waals surface area contributed by atoms with Crippen LogP contribution >= 0.6 is 27.5 Å². The molecule has 0 radical (unpaired) electrons. The van der Waals surface area contributed by atoms with Gasteiger partial charge in [-0.15, -0.1) is 0 Å². The lowest BCUT2D eigenvalue weighted by molar-refractivity contribution is 0.463. The first-order chi connectivity index (χ1) is 7.63. The molecule has 1 fully saturated rings. The number of hydrogen-bond acceptors (Lipinski definition) is 2. The van der Waals surface area contributed by atoms with Gasteiger partial charge >= 0.3 is 0 Å². The van der Waals surface area contributed by atoms with Crippen LogP contribution in [0.4, 0.5) is 4.39 Å². The molecule has 1 aliphatic carbocycles. The van der Waals surface area contributed by atoms with Crippen molar-refractivity contribution in [1.29, 1.82) is 0 Å². The molecule has 1 unspecified atom stereocenters. The molecule has 1 aromatic carbocycles. The van der Waals surface area contributed by atoms with E-state index in [9.17, 15) is 4.39 Å². The molecular formula is C11H13BrClFN2. The second-order valence-corrected chi connectivity index (χ2v) is 5.40. The molecule has 1 saturated carbocycles. The first-order valence-corrected chi connectivity index (χ1v) is 6.40. The quantitative estimate of drug-likeness (QED) is 0.507. The predicted octanol–water partition coefficient (Wildman–Crippen LogP) is 3.55. The highest BCUT2D eigenvalue weighted by molar-refractivity contribution is 9.10. The average Bonchev–Trinajstić information content (AvgIpc) is 3.07. The van der Waals surface area contributed by atoms with Crippen LogP contribution in [0.5, 0.6) is 0 Å². The summed E-state index contributed by atoms with van der Waals surface area (Å²) in [4.78, 5) is 0. The van der Waals surface area contributed by atoms with Crippen molar-refractivity contribution in [3.63, 3.8) is 0 Å². The fourth-order valence-corrected chi connectivity index (χ4v) is 2.26. The van der Waals surface area contributed by atoms with E-state index in [0.717, 1.165) is 6.42 Å². The van der Waals surface area contributed by atoms with Crippen LogP contribution in [-0.2, 0) is 0 Å². The molecule has 0 aliphatic heterocycles. The monoisotopic (exact) mass is 306 g/mol. The van der Waals surface area contributed by atoms with Crippen LogP contribution in [0.2, 0.25) is 5.02 Å². The Hall–Kier alpha value is -0.160. The Bertz CT molecular complexity index is 396. The zero-order valence-corrected chi connectivity index (χ0v) is 11.0. The third-order valence-corrected chi connectivity index (χ3v) is 4.17. The van der Waals surface area contributed by atoms with Gasteiger partial charge in [-0.1, -0.05) is 30.5 Å². The Labute approximate surface area is 107 Å². The lowest BCUT2D eigenvalue weighted by Gasteiger charge is -2.17. The summed E-state index contributed by atoms with van der Waals surface area (Å²) >= 11 is 9.04. The first-order valence-electron chi connectivity index (χ1n) is 5.23. The summed E-state index contributed by atoms with van der Waals surface area (Å²) in [6.07, 6.45) is 3.29. The third-order valence-electron chi connectivity index (χ3n) is 2.91. The minimum absolute atomic E-state index is 0.119. The fraction of sp³-hybridized carbons (Fsp3) is 0.455. The third kappa shape index (κ3) is 2.56. The van der Waals surface area contributed by atoms with Gasteiger partial charge in [0.15, 0.2) is 0 Å². The molecule has 0 heterocycles. The molecule has 2 nitrogen and oxygen atoms in total. The molecule has 16 heavy (non-hydrogen) atoms. The number of halogens is 3. The fourth-order valence-electron chi connectivity index (χ4n) is 1.78. The number of hydrogen-bond donors (Lipinski definition) is 2. The van der Waals surface area contributed by atoms with Gasteiger partial charge in [0.25, 0.3) is 0 Å². The highest BCUT2D eigenvalue weighted by Gasteiger charge is 2.27. The van der Waals surface area contributed by atoms with Gasteiger partial charge in [-0.3, -0.25) is 11.3 Å². The van der Waals surface area contributed by atoms with Gasteiger partial charge in [0.05, 0.1) is 5.02 Å². The Morgan fingerprint density at radius 1 is 1.56 bits per heavy atom. The molecule has 0 amide bonds. The van der Waals surface area contributed by atoms with Gasteiger partial charge in [-0.25, -0.2) is 4.39 Å². The summed E-state index contributed by atoms with van der Waals surface area (Å²) in [5.41, 5.74) is 3.21. The van der Waals surface area contributed by atoms with Crippen LogP contribution in [0.25, 0.3) is 0 Å². The number of benzene rings is 1. The summed E-state index contributed by atoms with van der Waals surface area (Å²) in [6, 6.07) is 3.31. The van der Waals surface area contributed by atoms with E-state index in [1.165, 1.54) is 12.8 Å². The van der Waals surface area contributed by atoms with Crippen molar-refractivity contribution in [2.75, 3.05) is 0 Å². The lowest BCUT2D eigenvalue weighted by atomic mass is 10.0. The van der Waals surface area contributed by atoms with E-state index < -0.39 is 0 Å². The van der Waals surface area contributed by atoms with E-state index in [4.69, 9.17) is 17.4 Å². The van der Waals surface area contributed by atoms with E-state index >= 15 is 0 Å². The minimum atomic E-state index is -0.389. The van der Waals surface area contributed by atoms with Crippen LogP contribution in [0.1, 0.15) is 30.9 Å². The zero-order chi connectivity index (χ0) is 11.7. The maximum absolute atomic E-state index is 13.9. The van der Waals surface area contributed by atoms with Crippen molar-refractivity contribution >= 4 is 27.5 Å². The van der Waals surface area contributed by atoms with Gasteiger partial charge in [0, 0.05) is 16.1 Å². The molecular weight excluding hydrogens is 294 g/mol. The molecule has 88 valence electrons. The van der Waals surface area contributed by atoms with E-state index in [2.05, 4.69) is 21.4 Å². The molecule has 3 N–H and O–H groups in total. The van der Waals surface area contributed by atoms with Crippen LogP contribution in [0.15, 0.2) is 16.6 Å². The molecule has 0 bridgehead atoms. The first kappa shape index (κ1) is 12.3. The normalized spacial score (nSPS) is 17.5. The maximum Gasteiger partial charge on any atom is 0.147 e. The SMILES string of the molecule is NNC(CC1CC1)c1ccc(Br)c(Cl)c1F. The Kier molecular flexibility index (Phi) is 3.85. The number of rotatable bonds is 4. The molecule has 0 spiro atoms. The molecule has 1 aromatic rings. The van der Waals surface area contributed by atoms with Crippen molar-refractivity contribution in [3.05, 3.63) is 33.0 Å². The highest BCUT2D eigenvalue weighted by atomic mass is 79.9. The number of hydrazine groups is 1. The Morgan fingerprint density at radius 3 is 2.81 bits per heavy atom. The average molecular weight is 308 g/mol. The molecule has 0 aromatic heterocycles. The predicted molar refractivity (Wildman–Crippen MR) is 66.5 cm³/mol. The van der Waals surface area contributed by atoms with Crippen LogP contribution in [0, 0.1) is 11.7 Å². The van der Waals surface area contributed by atoms with Crippen LogP contribution in [0.3, 0.4) is 0 Å². The molecule has 2 rings (SSSR count). The maximum atomic E-state index is 13.9. The molecule has 1 atom stereocenters. The van der Waals surface area contributed by atoms with Crippen molar-refractivity contribution in [2.45, 2.75) is 25.3 Å². The summed E-state index contributed by atoms with van der Waals surface area (Å²) in [5.74, 6) is 5.75. The summed E-state index contributed by atoms with van der Waals surface area (Å²) in [7, 11) is 0. The molecule has 0 saturated heterocycles. The van der Waals surface area contributed by atoms with Crippen LogP contribution in [-0.4, -0.2) is 0 Å². The van der Waals surface area contributed by atoms with Crippen molar-refractivity contribution in [2.24, 2.45) is 11.8 Å². The highest BCUT2D eigenvalue weighted by Crippen LogP contribution is 2.39. The molecule has 5 heteroatoms. The molecule has 1 aliphatic rings. The standard InChI is InChI=1S/C11H13BrClFN2/c12-8-4-3-7(11(14)10(8)13)9(16-15)5-6-1-2-6/h3-4,6,9,16H,1-2,5,15H2. The number of nitrogens with one attached hydrogen (secondary N) is 1. The topological polar surface area (TPSA) is 38.0 Å². The second kappa shape index (κ2) is 5.00. The van der Waals surface area contributed by atoms with Crippen LogP contribution < -0.4 is 11.3 Å². The van der Waals surface area contributed by atoms with E-state index in [-0.39, 0.29) is 16.9 Å². The van der Waals surface area contributed by atoms with Crippen molar-refractivity contribution < 1.29 is 4.39 Å². The van der Waals surface area contributed by atoms with Gasteiger partial charge in [0.2, 0.25) is 0 Å². The van der Waals surface area contributed by atoms with Crippen molar-refractivity contribution in [1.82, 2.24) is 5.43 Å². The summed E-state index contributed by atoms with van der Waals surface area (Å²) < 4.78 is 14.5. The smallest absolute Gasteiger partial charge is 0.147 e. The second-order valence-electron chi connectivity index (χ2n) is 4.16. The minimum Gasteiger partial charge on any atom is -0.271 e. The Balaban J connectivity index is 2.26. The van der Waals surface area contributed by atoms with Gasteiger partial charge in [-0.05, 0) is 34.3 Å². The zero-order valence-electron chi connectivity index (χ0n) is 8.64. The summed E-state index contributed by atoms with van der Waals surface area (Å²) in [6.45, 7) is 0. The lowest BCUT2D eigenvalue weighted by Crippen LogP contribution is -2.29. The van der Waals surface area contributed by atoms with E-state index in [1.54, 1.807) is 12.1 Å². The van der Waals surface area contributed by atoms with Gasteiger partial charge in [0.1, 0.15) is 5.82 Å².